The molecule has 0 saturated carbocycles. The highest BCUT2D eigenvalue weighted by atomic mass is 32.1. The van der Waals surface area contributed by atoms with Gasteiger partial charge in [0.25, 0.3) is 5.91 Å². The normalized spacial score (nSPS) is 17.4. The van der Waals surface area contributed by atoms with E-state index in [2.05, 4.69) is 27.3 Å². The number of thiazole rings is 1. The standard InChI is InChI=1S/C18H18N4O3S/c1-12-16(26-15(20-12)9-13-5-3-2-4-6-13)18(23)22-7-8-24-10-14(22)17-19-11-25-21-17/h2-6,11,14H,7-10H2,1H3. The minimum absolute atomic E-state index is 0.0580. The summed E-state index contributed by atoms with van der Waals surface area (Å²) >= 11 is 1.45. The number of benzene rings is 1. The zero-order chi connectivity index (χ0) is 17.9. The van der Waals surface area contributed by atoms with Crippen molar-refractivity contribution in [2.45, 2.75) is 19.4 Å². The number of hydrogen-bond acceptors (Lipinski definition) is 7. The van der Waals surface area contributed by atoms with Gasteiger partial charge >= 0.3 is 0 Å². The van der Waals surface area contributed by atoms with Crippen molar-refractivity contribution in [1.82, 2.24) is 20.0 Å². The molecular formula is C18H18N4O3S. The van der Waals surface area contributed by atoms with Crippen LogP contribution in [0.5, 0.6) is 0 Å². The van der Waals surface area contributed by atoms with Crippen LogP contribution < -0.4 is 0 Å². The Balaban J connectivity index is 1.57. The van der Waals surface area contributed by atoms with Gasteiger partial charge < -0.3 is 14.2 Å². The van der Waals surface area contributed by atoms with Crippen molar-refractivity contribution in [3.63, 3.8) is 0 Å². The largest absolute Gasteiger partial charge is 0.377 e. The van der Waals surface area contributed by atoms with Gasteiger partial charge in [-0.2, -0.15) is 4.98 Å². The summed E-state index contributed by atoms with van der Waals surface area (Å²) in [4.78, 5) is 24.2. The predicted molar refractivity (Wildman–Crippen MR) is 95.0 cm³/mol. The van der Waals surface area contributed by atoms with Gasteiger partial charge in [0.1, 0.15) is 10.9 Å². The van der Waals surface area contributed by atoms with Crippen LogP contribution >= 0.6 is 11.3 Å². The molecule has 0 spiro atoms. The molecule has 8 heteroatoms. The molecule has 1 aliphatic heterocycles. The molecule has 3 heterocycles. The van der Waals surface area contributed by atoms with Crippen LogP contribution in [-0.4, -0.2) is 45.7 Å². The Labute approximate surface area is 154 Å². The number of morpholine rings is 1. The van der Waals surface area contributed by atoms with E-state index in [9.17, 15) is 4.79 Å². The number of aryl methyl sites for hydroxylation is 1. The van der Waals surface area contributed by atoms with Crippen LogP contribution in [0.3, 0.4) is 0 Å². The molecule has 7 nitrogen and oxygen atoms in total. The lowest BCUT2D eigenvalue weighted by molar-refractivity contribution is -0.00556. The minimum Gasteiger partial charge on any atom is -0.377 e. The average molecular weight is 370 g/mol. The van der Waals surface area contributed by atoms with Crippen molar-refractivity contribution in [1.29, 1.82) is 0 Å². The van der Waals surface area contributed by atoms with Crippen molar-refractivity contribution in [3.8, 4) is 0 Å². The Bertz CT molecular complexity index is 879. The number of carbonyl (C=O) groups excluding carboxylic acids is 1. The number of amides is 1. The first-order chi connectivity index (χ1) is 12.7. The number of nitrogens with zero attached hydrogens (tertiary/aromatic N) is 4. The van der Waals surface area contributed by atoms with E-state index in [-0.39, 0.29) is 11.9 Å². The van der Waals surface area contributed by atoms with Gasteiger partial charge in [0, 0.05) is 13.0 Å². The van der Waals surface area contributed by atoms with Crippen molar-refractivity contribution < 1.29 is 14.1 Å². The lowest BCUT2D eigenvalue weighted by Crippen LogP contribution is -2.43. The molecule has 1 atom stereocenters. The van der Waals surface area contributed by atoms with E-state index in [1.165, 1.54) is 23.3 Å². The monoisotopic (exact) mass is 370 g/mol. The molecule has 1 amide bonds. The molecule has 26 heavy (non-hydrogen) atoms. The van der Waals surface area contributed by atoms with Crippen molar-refractivity contribution in [2.24, 2.45) is 0 Å². The summed E-state index contributed by atoms with van der Waals surface area (Å²) in [5.74, 6) is 0.405. The molecular weight excluding hydrogens is 352 g/mol. The SMILES string of the molecule is Cc1nc(Cc2ccccc2)sc1C(=O)N1CCOCC1c1ncon1. The number of rotatable bonds is 4. The molecule has 1 unspecified atom stereocenters. The molecule has 0 bridgehead atoms. The summed E-state index contributed by atoms with van der Waals surface area (Å²) < 4.78 is 10.3. The molecule has 134 valence electrons. The maximum atomic E-state index is 13.1. The Morgan fingerprint density at radius 2 is 2.19 bits per heavy atom. The topological polar surface area (TPSA) is 81.4 Å². The summed E-state index contributed by atoms with van der Waals surface area (Å²) in [5.41, 5.74) is 1.93. The number of carbonyl (C=O) groups is 1. The third-order valence-corrected chi connectivity index (χ3v) is 5.44. The first kappa shape index (κ1) is 16.9. The molecule has 1 aromatic carbocycles. The zero-order valence-corrected chi connectivity index (χ0v) is 15.1. The molecule has 1 fully saturated rings. The fourth-order valence-electron chi connectivity index (χ4n) is 3.01. The number of ether oxygens (including phenoxy) is 1. The van der Waals surface area contributed by atoms with Gasteiger partial charge in [-0.1, -0.05) is 35.5 Å². The quantitative estimate of drug-likeness (QED) is 0.702. The van der Waals surface area contributed by atoms with Crippen LogP contribution in [0, 0.1) is 6.92 Å². The van der Waals surface area contributed by atoms with Gasteiger partial charge in [0.2, 0.25) is 6.39 Å². The first-order valence-electron chi connectivity index (χ1n) is 8.37. The van der Waals surface area contributed by atoms with Crippen molar-refractivity contribution in [3.05, 3.63) is 63.7 Å². The van der Waals surface area contributed by atoms with Gasteiger partial charge in [-0.25, -0.2) is 4.98 Å². The second-order valence-corrected chi connectivity index (χ2v) is 7.15. The van der Waals surface area contributed by atoms with Crippen LogP contribution in [0.15, 0.2) is 41.2 Å². The Kier molecular flexibility index (Phi) is 4.77. The second-order valence-electron chi connectivity index (χ2n) is 6.06. The van der Waals surface area contributed by atoms with E-state index >= 15 is 0 Å². The van der Waals surface area contributed by atoms with E-state index in [1.54, 1.807) is 4.90 Å². The Hall–Kier alpha value is -2.58. The molecule has 0 radical (unpaired) electrons. The third kappa shape index (κ3) is 3.38. The van der Waals surface area contributed by atoms with E-state index in [4.69, 9.17) is 9.26 Å². The summed E-state index contributed by atoms with van der Waals surface area (Å²) in [6, 6.07) is 9.78. The highest BCUT2D eigenvalue weighted by molar-refractivity contribution is 7.13. The average Bonchev–Trinajstić information content (AvgIpc) is 3.32. The van der Waals surface area contributed by atoms with Crippen molar-refractivity contribution in [2.75, 3.05) is 19.8 Å². The van der Waals surface area contributed by atoms with E-state index in [1.807, 2.05) is 25.1 Å². The molecule has 4 rings (SSSR count). The zero-order valence-electron chi connectivity index (χ0n) is 14.3. The van der Waals surface area contributed by atoms with E-state index in [0.29, 0.717) is 30.5 Å². The summed E-state index contributed by atoms with van der Waals surface area (Å²) in [7, 11) is 0. The smallest absolute Gasteiger partial charge is 0.266 e. The highest BCUT2D eigenvalue weighted by Gasteiger charge is 2.33. The van der Waals surface area contributed by atoms with Crippen LogP contribution in [0.2, 0.25) is 0 Å². The lowest BCUT2D eigenvalue weighted by Gasteiger charge is -2.33. The van der Waals surface area contributed by atoms with Gasteiger partial charge in [-0.05, 0) is 12.5 Å². The molecule has 3 aromatic rings. The van der Waals surface area contributed by atoms with E-state index in [0.717, 1.165) is 17.1 Å². The fraction of sp³-hybridized carbons (Fsp3) is 0.333. The second kappa shape index (κ2) is 7.35. The van der Waals surface area contributed by atoms with Gasteiger partial charge in [-0.15, -0.1) is 11.3 Å². The summed E-state index contributed by atoms with van der Waals surface area (Å²) in [6.45, 7) is 3.22. The third-order valence-electron chi connectivity index (χ3n) is 4.30. The fourth-order valence-corrected chi connectivity index (χ4v) is 4.07. The minimum atomic E-state index is -0.339. The van der Waals surface area contributed by atoms with Gasteiger partial charge in [0.05, 0.1) is 23.9 Å². The van der Waals surface area contributed by atoms with Crippen LogP contribution in [-0.2, 0) is 11.2 Å². The van der Waals surface area contributed by atoms with Crippen LogP contribution in [0.25, 0.3) is 0 Å². The molecule has 0 aliphatic carbocycles. The molecule has 1 aliphatic rings. The first-order valence-corrected chi connectivity index (χ1v) is 9.19. The van der Waals surface area contributed by atoms with Crippen molar-refractivity contribution >= 4 is 17.2 Å². The van der Waals surface area contributed by atoms with Crippen LogP contribution in [0.4, 0.5) is 0 Å². The molecule has 2 aromatic heterocycles. The maximum Gasteiger partial charge on any atom is 0.266 e. The molecule has 1 saturated heterocycles. The number of aromatic nitrogens is 3. The van der Waals surface area contributed by atoms with Gasteiger partial charge in [0.15, 0.2) is 5.82 Å². The van der Waals surface area contributed by atoms with E-state index < -0.39 is 0 Å². The Morgan fingerprint density at radius 3 is 2.96 bits per heavy atom. The van der Waals surface area contributed by atoms with Gasteiger partial charge in [-0.3, -0.25) is 4.79 Å². The summed E-state index contributed by atoms with van der Waals surface area (Å²) in [6.07, 6.45) is 1.99. The maximum absolute atomic E-state index is 13.1. The molecule has 0 N–H and O–H groups in total. The summed E-state index contributed by atoms with van der Waals surface area (Å²) in [5, 5.41) is 4.81. The van der Waals surface area contributed by atoms with Crippen LogP contribution in [0.1, 0.15) is 37.8 Å². The Morgan fingerprint density at radius 1 is 1.35 bits per heavy atom. The predicted octanol–water partition coefficient (Wildman–Crippen LogP) is 2.64. The lowest BCUT2D eigenvalue weighted by atomic mass is 10.2. The highest BCUT2D eigenvalue weighted by Crippen LogP contribution is 2.28. The number of hydrogen-bond donors (Lipinski definition) is 0.